The van der Waals surface area contributed by atoms with Gasteiger partial charge in [-0.1, -0.05) is 13.8 Å². The van der Waals surface area contributed by atoms with E-state index in [0.717, 1.165) is 30.6 Å². The summed E-state index contributed by atoms with van der Waals surface area (Å²) in [5.74, 6) is 0. The summed E-state index contributed by atoms with van der Waals surface area (Å²) in [5, 5.41) is 14.1. The zero-order valence-corrected chi connectivity index (χ0v) is 12.0. The van der Waals surface area contributed by atoms with Crippen molar-refractivity contribution in [3.05, 3.63) is 42.0 Å². The highest BCUT2D eigenvalue weighted by molar-refractivity contribution is 5.14. The normalized spacial score (nSPS) is 13.1. The lowest BCUT2D eigenvalue weighted by atomic mass is 10.2. The van der Waals surface area contributed by atoms with Gasteiger partial charge in [0.05, 0.1) is 24.4 Å². The Kier molecular flexibility index (Phi) is 4.43. The third-order valence-electron chi connectivity index (χ3n) is 3.58. The summed E-state index contributed by atoms with van der Waals surface area (Å²) < 4.78 is 4.12. The fraction of sp³-hybridized carbons (Fsp3) is 0.533. The lowest BCUT2D eigenvalue weighted by molar-refractivity contribution is 0.199. The molecule has 0 saturated heterocycles. The maximum atomic E-state index is 9.51. The fourth-order valence-electron chi connectivity index (χ4n) is 2.32. The molecule has 0 spiro atoms. The molecule has 0 aliphatic heterocycles. The van der Waals surface area contributed by atoms with Crippen LogP contribution in [0, 0.1) is 0 Å². The molecule has 4 heteroatoms. The van der Waals surface area contributed by atoms with Gasteiger partial charge < -0.3 is 9.67 Å². The van der Waals surface area contributed by atoms with Crippen LogP contribution in [-0.4, -0.2) is 19.5 Å². The van der Waals surface area contributed by atoms with Crippen molar-refractivity contribution in [2.45, 2.75) is 52.3 Å². The van der Waals surface area contributed by atoms with Crippen LogP contribution in [0.25, 0.3) is 0 Å². The zero-order chi connectivity index (χ0) is 13.8. The molecule has 4 nitrogen and oxygen atoms in total. The van der Waals surface area contributed by atoms with Crippen LogP contribution < -0.4 is 0 Å². The molecule has 0 radical (unpaired) electrons. The molecular formula is C15H23N3O. The SMILES string of the molecule is CCC(CC)n1ccc(Cn2ccc(C(C)O)c2)n1. The summed E-state index contributed by atoms with van der Waals surface area (Å²) >= 11 is 0. The molecule has 0 aliphatic carbocycles. The topological polar surface area (TPSA) is 43.0 Å². The molecule has 2 aromatic heterocycles. The van der Waals surface area contributed by atoms with Crippen LogP contribution in [-0.2, 0) is 6.54 Å². The van der Waals surface area contributed by atoms with Gasteiger partial charge in [-0.2, -0.15) is 5.10 Å². The Hall–Kier alpha value is -1.55. The van der Waals surface area contributed by atoms with Crippen LogP contribution in [0.3, 0.4) is 0 Å². The highest BCUT2D eigenvalue weighted by Crippen LogP contribution is 2.16. The highest BCUT2D eigenvalue weighted by Gasteiger charge is 2.09. The monoisotopic (exact) mass is 261 g/mol. The summed E-state index contributed by atoms with van der Waals surface area (Å²) in [6, 6.07) is 4.51. The van der Waals surface area contributed by atoms with Crippen molar-refractivity contribution in [3.63, 3.8) is 0 Å². The standard InChI is InChI=1S/C15H23N3O/c1-4-15(5-2)18-9-7-14(16-18)11-17-8-6-13(10-17)12(3)19/h6-10,12,15,19H,4-5,11H2,1-3H3. The van der Waals surface area contributed by atoms with Gasteiger partial charge in [0.1, 0.15) is 0 Å². The molecule has 2 heterocycles. The lowest BCUT2D eigenvalue weighted by Gasteiger charge is -2.12. The second-order valence-corrected chi connectivity index (χ2v) is 5.05. The Morgan fingerprint density at radius 3 is 2.53 bits per heavy atom. The summed E-state index contributed by atoms with van der Waals surface area (Å²) in [6.07, 6.45) is 7.81. The molecule has 0 aliphatic rings. The van der Waals surface area contributed by atoms with Gasteiger partial charge in [-0.3, -0.25) is 4.68 Å². The number of aromatic nitrogens is 3. The molecular weight excluding hydrogens is 238 g/mol. The second-order valence-electron chi connectivity index (χ2n) is 5.05. The van der Waals surface area contributed by atoms with Crippen molar-refractivity contribution < 1.29 is 5.11 Å². The summed E-state index contributed by atoms with van der Waals surface area (Å²) in [4.78, 5) is 0. The van der Waals surface area contributed by atoms with Gasteiger partial charge in [-0.25, -0.2) is 0 Å². The van der Waals surface area contributed by atoms with E-state index in [0.29, 0.717) is 6.04 Å². The molecule has 0 saturated carbocycles. The van der Waals surface area contributed by atoms with E-state index in [-0.39, 0.29) is 0 Å². The van der Waals surface area contributed by atoms with Crippen LogP contribution >= 0.6 is 0 Å². The van der Waals surface area contributed by atoms with Gasteiger partial charge in [0.25, 0.3) is 0 Å². The Morgan fingerprint density at radius 1 is 1.21 bits per heavy atom. The minimum Gasteiger partial charge on any atom is -0.389 e. The van der Waals surface area contributed by atoms with E-state index in [1.54, 1.807) is 6.92 Å². The predicted molar refractivity (Wildman–Crippen MR) is 76.0 cm³/mol. The number of hydrogen-bond acceptors (Lipinski definition) is 2. The molecule has 0 fully saturated rings. The van der Waals surface area contributed by atoms with Crippen molar-refractivity contribution in [1.82, 2.24) is 14.3 Å². The van der Waals surface area contributed by atoms with Gasteiger partial charge in [0.2, 0.25) is 0 Å². The van der Waals surface area contributed by atoms with Gasteiger partial charge >= 0.3 is 0 Å². The molecule has 1 N–H and O–H groups in total. The predicted octanol–water partition coefficient (Wildman–Crippen LogP) is 3.15. The molecule has 2 rings (SSSR count). The van der Waals surface area contributed by atoms with Crippen LogP contribution in [0.15, 0.2) is 30.7 Å². The Bertz CT molecular complexity index is 509. The van der Waals surface area contributed by atoms with Crippen molar-refractivity contribution in [2.24, 2.45) is 0 Å². The molecule has 1 unspecified atom stereocenters. The maximum absolute atomic E-state index is 9.51. The Balaban J connectivity index is 2.06. The van der Waals surface area contributed by atoms with E-state index in [1.165, 1.54) is 0 Å². The van der Waals surface area contributed by atoms with E-state index < -0.39 is 6.10 Å². The first-order chi connectivity index (χ1) is 9.13. The molecule has 104 valence electrons. The average molecular weight is 261 g/mol. The number of hydrogen-bond donors (Lipinski definition) is 1. The second kappa shape index (κ2) is 6.06. The number of nitrogens with zero attached hydrogens (tertiary/aromatic N) is 3. The minimum absolute atomic E-state index is 0.414. The van der Waals surface area contributed by atoms with Crippen LogP contribution in [0.4, 0.5) is 0 Å². The van der Waals surface area contributed by atoms with Gasteiger partial charge in [-0.15, -0.1) is 0 Å². The third-order valence-corrected chi connectivity index (χ3v) is 3.58. The molecule has 0 aromatic carbocycles. The zero-order valence-electron chi connectivity index (χ0n) is 12.0. The lowest BCUT2D eigenvalue weighted by Crippen LogP contribution is -2.08. The quantitative estimate of drug-likeness (QED) is 0.868. The van der Waals surface area contributed by atoms with Gasteiger partial charge in [0, 0.05) is 18.6 Å². The smallest absolute Gasteiger partial charge is 0.0821 e. The largest absolute Gasteiger partial charge is 0.389 e. The summed E-state index contributed by atoms with van der Waals surface area (Å²) in [6.45, 7) is 6.91. The van der Waals surface area contributed by atoms with Crippen molar-refractivity contribution >= 4 is 0 Å². The van der Waals surface area contributed by atoms with Crippen molar-refractivity contribution in [2.75, 3.05) is 0 Å². The van der Waals surface area contributed by atoms with E-state index >= 15 is 0 Å². The summed E-state index contributed by atoms with van der Waals surface area (Å²) in [7, 11) is 0. The van der Waals surface area contributed by atoms with E-state index in [2.05, 4.69) is 40.5 Å². The van der Waals surface area contributed by atoms with Crippen LogP contribution in [0.1, 0.15) is 57.0 Å². The number of aliphatic hydroxyl groups excluding tert-OH is 1. The number of rotatable bonds is 6. The Labute approximate surface area is 114 Å². The first kappa shape index (κ1) is 13.9. The minimum atomic E-state index is -0.414. The number of aliphatic hydroxyl groups is 1. The maximum Gasteiger partial charge on any atom is 0.0821 e. The fourth-order valence-corrected chi connectivity index (χ4v) is 2.32. The molecule has 0 amide bonds. The van der Waals surface area contributed by atoms with Gasteiger partial charge in [-0.05, 0) is 37.5 Å². The van der Waals surface area contributed by atoms with E-state index in [9.17, 15) is 5.11 Å². The first-order valence-corrected chi connectivity index (χ1v) is 7.01. The average Bonchev–Trinajstić information content (AvgIpc) is 3.01. The van der Waals surface area contributed by atoms with Crippen LogP contribution in [0.5, 0.6) is 0 Å². The third kappa shape index (κ3) is 3.26. The van der Waals surface area contributed by atoms with E-state index in [1.807, 2.05) is 18.5 Å². The van der Waals surface area contributed by atoms with Crippen molar-refractivity contribution in [3.8, 4) is 0 Å². The Morgan fingerprint density at radius 2 is 1.95 bits per heavy atom. The molecule has 1 atom stereocenters. The summed E-state index contributed by atoms with van der Waals surface area (Å²) in [5.41, 5.74) is 2.00. The van der Waals surface area contributed by atoms with Gasteiger partial charge in [0.15, 0.2) is 0 Å². The molecule has 0 bridgehead atoms. The first-order valence-electron chi connectivity index (χ1n) is 7.01. The highest BCUT2D eigenvalue weighted by atomic mass is 16.3. The molecule has 2 aromatic rings. The van der Waals surface area contributed by atoms with Crippen LogP contribution in [0.2, 0.25) is 0 Å². The van der Waals surface area contributed by atoms with Crippen molar-refractivity contribution in [1.29, 1.82) is 0 Å². The van der Waals surface area contributed by atoms with E-state index in [4.69, 9.17) is 0 Å². The molecule has 19 heavy (non-hydrogen) atoms.